The van der Waals surface area contributed by atoms with Gasteiger partial charge in [-0.25, -0.2) is 0 Å². The lowest BCUT2D eigenvalue weighted by Gasteiger charge is -2.09. The van der Waals surface area contributed by atoms with Gasteiger partial charge in [-0.3, -0.25) is 0 Å². The quantitative estimate of drug-likeness (QED) is 0.770. The van der Waals surface area contributed by atoms with Gasteiger partial charge in [0.15, 0.2) is 0 Å². The van der Waals surface area contributed by atoms with Crippen LogP contribution in [0.5, 0.6) is 0 Å². The summed E-state index contributed by atoms with van der Waals surface area (Å²) in [5, 5.41) is 10.4. The average molecular weight is 189 g/mol. The van der Waals surface area contributed by atoms with Crippen molar-refractivity contribution in [3.63, 3.8) is 0 Å². The van der Waals surface area contributed by atoms with Crippen LogP contribution in [0.3, 0.4) is 0 Å². The smallest absolute Gasteiger partial charge is 0.0511 e. The number of para-hydroxylation sites is 1. The maximum atomic E-state index is 9.12. The molecule has 1 aromatic carbocycles. The molecule has 14 heavy (non-hydrogen) atoms. The Morgan fingerprint density at radius 3 is 2.71 bits per heavy atom. The minimum atomic E-state index is 0.199. The van der Waals surface area contributed by atoms with Crippen molar-refractivity contribution in [3.8, 4) is 0 Å². The van der Waals surface area contributed by atoms with Crippen LogP contribution in [0.2, 0.25) is 0 Å². The Morgan fingerprint density at radius 1 is 1.36 bits per heavy atom. The van der Waals surface area contributed by atoms with E-state index in [4.69, 9.17) is 5.11 Å². The number of aliphatic hydroxyl groups excluding tert-OH is 1. The van der Waals surface area contributed by atoms with Crippen LogP contribution < -0.4 is 0 Å². The van der Waals surface area contributed by atoms with E-state index in [0.29, 0.717) is 0 Å². The molecule has 0 saturated heterocycles. The summed E-state index contributed by atoms with van der Waals surface area (Å²) in [4.78, 5) is 0. The van der Waals surface area contributed by atoms with E-state index >= 15 is 0 Å². The monoisotopic (exact) mass is 189 g/mol. The van der Waals surface area contributed by atoms with E-state index < -0.39 is 0 Å². The molecule has 0 saturated carbocycles. The van der Waals surface area contributed by atoms with Gasteiger partial charge < -0.3 is 9.67 Å². The summed E-state index contributed by atoms with van der Waals surface area (Å²) in [5.74, 6) is 0.201. The van der Waals surface area contributed by atoms with Crippen molar-refractivity contribution < 1.29 is 5.11 Å². The molecule has 0 spiro atoms. The van der Waals surface area contributed by atoms with Crippen LogP contribution in [0.4, 0.5) is 0 Å². The Kier molecular flexibility index (Phi) is 2.30. The summed E-state index contributed by atoms with van der Waals surface area (Å²) in [6, 6.07) is 10.4. The van der Waals surface area contributed by atoms with Crippen molar-refractivity contribution in [2.45, 2.75) is 12.8 Å². The van der Waals surface area contributed by atoms with Gasteiger partial charge in [0.25, 0.3) is 0 Å². The number of rotatable bonds is 2. The molecule has 0 bridgehead atoms. The first-order chi connectivity index (χ1) is 6.74. The zero-order valence-corrected chi connectivity index (χ0v) is 8.57. The van der Waals surface area contributed by atoms with Crippen molar-refractivity contribution in [2.24, 2.45) is 7.05 Å². The van der Waals surface area contributed by atoms with Crippen LogP contribution in [0, 0.1) is 0 Å². The first-order valence-corrected chi connectivity index (χ1v) is 4.89. The van der Waals surface area contributed by atoms with E-state index in [2.05, 4.69) is 22.8 Å². The molecule has 0 amide bonds. The Morgan fingerprint density at radius 2 is 2.07 bits per heavy atom. The lowest BCUT2D eigenvalue weighted by atomic mass is 10.1. The number of nitrogens with zero attached hydrogens (tertiary/aromatic N) is 1. The van der Waals surface area contributed by atoms with Gasteiger partial charge in [-0.2, -0.15) is 0 Å². The highest BCUT2D eigenvalue weighted by molar-refractivity contribution is 5.81. The molecule has 0 fully saturated rings. The first kappa shape index (κ1) is 9.28. The number of fused-ring (bicyclic) bond motifs is 1. The molecule has 0 aliphatic rings. The highest BCUT2D eigenvalue weighted by Gasteiger charge is 2.10. The van der Waals surface area contributed by atoms with Gasteiger partial charge in [0.05, 0.1) is 6.61 Å². The van der Waals surface area contributed by atoms with Crippen molar-refractivity contribution in [2.75, 3.05) is 6.61 Å². The summed E-state index contributed by atoms with van der Waals surface area (Å²) in [5.41, 5.74) is 2.41. The van der Waals surface area contributed by atoms with E-state index in [0.717, 1.165) is 0 Å². The molecule has 2 nitrogen and oxygen atoms in total. The van der Waals surface area contributed by atoms with Crippen LogP contribution in [0.15, 0.2) is 30.3 Å². The number of aryl methyl sites for hydroxylation is 1. The molecule has 1 heterocycles. The van der Waals surface area contributed by atoms with Crippen molar-refractivity contribution >= 4 is 10.9 Å². The molecule has 0 radical (unpaired) electrons. The van der Waals surface area contributed by atoms with Gasteiger partial charge >= 0.3 is 0 Å². The van der Waals surface area contributed by atoms with Gasteiger partial charge in [-0.1, -0.05) is 25.1 Å². The molecule has 1 N–H and O–H groups in total. The van der Waals surface area contributed by atoms with E-state index in [1.165, 1.54) is 16.6 Å². The number of aliphatic hydroxyl groups is 1. The molecular weight excluding hydrogens is 174 g/mol. The maximum absolute atomic E-state index is 9.12. The molecule has 74 valence electrons. The summed E-state index contributed by atoms with van der Waals surface area (Å²) in [7, 11) is 2.05. The predicted octanol–water partition coefficient (Wildman–Crippen LogP) is 2.27. The molecule has 2 rings (SSSR count). The van der Waals surface area contributed by atoms with Crippen molar-refractivity contribution in [1.29, 1.82) is 0 Å². The lowest BCUT2D eigenvalue weighted by Crippen LogP contribution is -2.04. The second-order valence-corrected chi connectivity index (χ2v) is 3.77. The average Bonchev–Trinajstić information content (AvgIpc) is 2.56. The molecule has 2 heteroatoms. The zero-order chi connectivity index (χ0) is 10.1. The predicted molar refractivity (Wildman–Crippen MR) is 58.4 cm³/mol. The number of hydrogen-bond acceptors (Lipinski definition) is 1. The fourth-order valence-electron chi connectivity index (χ4n) is 1.88. The maximum Gasteiger partial charge on any atom is 0.0511 e. The third-order valence-electron chi connectivity index (χ3n) is 2.77. The standard InChI is InChI=1S/C12H15NO/c1-9(8-14)12-7-10-5-3-4-6-11(10)13(12)2/h3-7,9,14H,8H2,1-2H3. The third kappa shape index (κ3) is 1.32. The van der Waals surface area contributed by atoms with Crippen LogP contribution >= 0.6 is 0 Å². The summed E-state index contributed by atoms with van der Waals surface area (Å²) >= 11 is 0. The van der Waals surface area contributed by atoms with Gasteiger partial charge in [-0.15, -0.1) is 0 Å². The van der Waals surface area contributed by atoms with E-state index in [-0.39, 0.29) is 12.5 Å². The normalized spacial score (nSPS) is 13.4. The molecule has 0 aliphatic carbocycles. The number of aromatic nitrogens is 1. The Hall–Kier alpha value is -1.28. The second kappa shape index (κ2) is 3.46. The third-order valence-corrected chi connectivity index (χ3v) is 2.77. The van der Waals surface area contributed by atoms with E-state index in [9.17, 15) is 0 Å². The summed E-state index contributed by atoms with van der Waals surface area (Å²) in [6.07, 6.45) is 0. The summed E-state index contributed by atoms with van der Waals surface area (Å²) in [6.45, 7) is 2.23. The Labute approximate surface area is 83.8 Å². The topological polar surface area (TPSA) is 25.2 Å². The van der Waals surface area contributed by atoms with E-state index in [1.807, 2.05) is 26.1 Å². The SMILES string of the molecule is CC(CO)c1cc2ccccc2n1C. The highest BCUT2D eigenvalue weighted by atomic mass is 16.3. The largest absolute Gasteiger partial charge is 0.396 e. The second-order valence-electron chi connectivity index (χ2n) is 3.77. The number of benzene rings is 1. The summed E-state index contributed by atoms with van der Waals surface area (Å²) < 4.78 is 2.15. The van der Waals surface area contributed by atoms with Crippen LogP contribution in [0.25, 0.3) is 10.9 Å². The first-order valence-electron chi connectivity index (χ1n) is 4.89. The minimum Gasteiger partial charge on any atom is -0.396 e. The van der Waals surface area contributed by atoms with Gasteiger partial charge in [0.2, 0.25) is 0 Å². The Bertz CT molecular complexity index is 445. The van der Waals surface area contributed by atoms with Gasteiger partial charge in [0.1, 0.15) is 0 Å². The van der Waals surface area contributed by atoms with Crippen molar-refractivity contribution in [1.82, 2.24) is 4.57 Å². The Balaban J connectivity index is 2.62. The molecule has 2 aromatic rings. The fraction of sp³-hybridized carbons (Fsp3) is 0.333. The minimum absolute atomic E-state index is 0.199. The van der Waals surface area contributed by atoms with Crippen LogP contribution in [-0.2, 0) is 7.05 Å². The van der Waals surface area contributed by atoms with Crippen LogP contribution in [0.1, 0.15) is 18.5 Å². The fourth-order valence-corrected chi connectivity index (χ4v) is 1.88. The number of hydrogen-bond donors (Lipinski definition) is 1. The molecular formula is C12H15NO. The van der Waals surface area contributed by atoms with Gasteiger partial charge in [-0.05, 0) is 17.5 Å². The highest BCUT2D eigenvalue weighted by Crippen LogP contribution is 2.23. The van der Waals surface area contributed by atoms with Crippen molar-refractivity contribution in [3.05, 3.63) is 36.0 Å². The lowest BCUT2D eigenvalue weighted by molar-refractivity contribution is 0.269. The molecule has 1 unspecified atom stereocenters. The molecule has 1 atom stereocenters. The van der Waals surface area contributed by atoms with E-state index in [1.54, 1.807) is 0 Å². The molecule has 0 aliphatic heterocycles. The molecule has 1 aromatic heterocycles. The zero-order valence-electron chi connectivity index (χ0n) is 8.57. The van der Waals surface area contributed by atoms with Crippen LogP contribution in [-0.4, -0.2) is 16.3 Å². The van der Waals surface area contributed by atoms with Gasteiger partial charge in [0, 0.05) is 24.2 Å².